The number of aromatic amines is 1. The summed E-state index contributed by atoms with van der Waals surface area (Å²) < 4.78 is 5.11. The van der Waals surface area contributed by atoms with E-state index in [9.17, 15) is 4.79 Å². The maximum absolute atomic E-state index is 12.7. The molecule has 0 aromatic carbocycles. The molecule has 1 fully saturated rings. The Labute approximate surface area is 123 Å². The highest BCUT2D eigenvalue weighted by atomic mass is 16.5. The fourth-order valence-corrected chi connectivity index (χ4v) is 3.11. The van der Waals surface area contributed by atoms with E-state index in [4.69, 9.17) is 4.52 Å². The van der Waals surface area contributed by atoms with E-state index in [-0.39, 0.29) is 5.91 Å². The second-order valence-corrected chi connectivity index (χ2v) is 5.76. The van der Waals surface area contributed by atoms with Crippen molar-refractivity contribution >= 4 is 5.91 Å². The van der Waals surface area contributed by atoms with Crippen LogP contribution in [0.3, 0.4) is 0 Å². The number of likely N-dealkylation sites (tertiary alicyclic amines) is 1. The van der Waals surface area contributed by atoms with Crippen LogP contribution in [-0.2, 0) is 0 Å². The van der Waals surface area contributed by atoms with Gasteiger partial charge in [0.15, 0.2) is 0 Å². The van der Waals surface area contributed by atoms with Gasteiger partial charge in [0, 0.05) is 24.7 Å². The number of carbonyl (C=O) groups excluding carboxylic acids is 1. The standard InChI is InChI=1S/C15H20N4O2/c1-9-7-16-17-14(9)12-5-4-6-19(8-12)15(20)13-10(2)18-21-11(13)3/h7,12H,4-6,8H2,1-3H3,(H,16,17)/t12-/m0/s1. The largest absolute Gasteiger partial charge is 0.361 e. The predicted octanol–water partition coefficient (Wildman–Crippen LogP) is 2.34. The van der Waals surface area contributed by atoms with E-state index in [1.807, 2.05) is 24.9 Å². The number of nitrogens with one attached hydrogen (secondary N) is 1. The normalized spacial score (nSPS) is 19.0. The minimum atomic E-state index is 0.0214. The van der Waals surface area contributed by atoms with Crippen LogP contribution in [0.5, 0.6) is 0 Å². The van der Waals surface area contributed by atoms with Gasteiger partial charge in [-0.15, -0.1) is 0 Å². The smallest absolute Gasteiger partial charge is 0.259 e. The molecule has 2 aromatic heterocycles. The van der Waals surface area contributed by atoms with E-state index in [1.54, 1.807) is 6.92 Å². The Kier molecular flexibility index (Phi) is 3.53. The lowest BCUT2D eigenvalue weighted by Crippen LogP contribution is -2.39. The van der Waals surface area contributed by atoms with Crippen LogP contribution < -0.4 is 0 Å². The van der Waals surface area contributed by atoms with Crippen LogP contribution in [0, 0.1) is 20.8 Å². The Bertz CT molecular complexity index is 639. The first-order chi connectivity index (χ1) is 10.1. The van der Waals surface area contributed by atoms with Gasteiger partial charge in [-0.25, -0.2) is 0 Å². The molecule has 0 radical (unpaired) electrons. The van der Waals surface area contributed by atoms with E-state index in [0.29, 0.717) is 29.5 Å². The van der Waals surface area contributed by atoms with Gasteiger partial charge >= 0.3 is 0 Å². The lowest BCUT2D eigenvalue weighted by Gasteiger charge is -2.32. The van der Waals surface area contributed by atoms with Crippen molar-refractivity contribution in [1.29, 1.82) is 0 Å². The molecule has 2 aromatic rings. The van der Waals surface area contributed by atoms with Crippen LogP contribution in [0.2, 0.25) is 0 Å². The van der Waals surface area contributed by atoms with Crippen molar-refractivity contribution in [3.63, 3.8) is 0 Å². The molecule has 0 unspecified atom stereocenters. The molecule has 3 heterocycles. The summed E-state index contributed by atoms with van der Waals surface area (Å²) >= 11 is 0. The summed E-state index contributed by atoms with van der Waals surface area (Å²) in [7, 11) is 0. The van der Waals surface area contributed by atoms with Crippen LogP contribution in [0.4, 0.5) is 0 Å². The molecule has 0 aliphatic carbocycles. The third-order valence-electron chi connectivity index (χ3n) is 4.23. The van der Waals surface area contributed by atoms with Gasteiger partial charge in [-0.3, -0.25) is 9.89 Å². The zero-order valence-electron chi connectivity index (χ0n) is 12.6. The van der Waals surface area contributed by atoms with Gasteiger partial charge in [-0.1, -0.05) is 5.16 Å². The summed E-state index contributed by atoms with van der Waals surface area (Å²) in [6.45, 7) is 7.14. The highest BCUT2D eigenvalue weighted by Gasteiger charge is 2.29. The second-order valence-electron chi connectivity index (χ2n) is 5.76. The molecule has 0 saturated carbocycles. The Morgan fingerprint density at radius 1 is 1.43 bits per heavy atom. The zero-order valence-corrected chi connectivity index (χ0v) is 12.6. The van der Waals surface area contributed by atoms with E-state index < -0.39 is 0 Å². The Morgan fingerprint density at radius 3 is 2.86 bits per heavy atom. The quantitative estimate of drug-likeness (QED) is 0.920. The van der Waals surface area contributed by atoms with Crippen LogP contribution >= 0.6 is 0 Å². The number of H-pyrrole nitrogens is 1. The van der Waals surface area contributed by atoms with Gasteiger partial charge in [0.1, 0.15) is 11.3 Å². The van der Waals surface area contributed by atoms with Gasteiger partial charge in [-0.05, 0) is 39.2 Å². The number of piperidine rings is 1. The molecule has 21 heavy (non-hydrogen) atoms. The van der Waals surface area contributed by atoms with Gasteiger partial charge in [0.25, 0.3) is 5.91 Å². The number of aromatic nitrogens is 3. The summed E-state index contributed by atoms with van der Waals surface area (Å²) in [6, 6.07) is 0. The summed E-state index contributed by atoms with van der Waals surface area (Å²) in [5, 5.41) is 11.0. The first-order valence-corrected chi connectivity index (χ1v) is 7.30. The van der Waals surface area contributed by atoms with Crippen molar-refractivity contribution in [3.8, 4) is 0 Å². The molecule has 1 atom stereocenters. The molecule has 3 rings (SSSR count). The number of hydrogen-bond donors (Lipinski definition) is 1. The predicted molar refractivity (Wildman–Crippen MR) is 77.2 cm³/mol. The molecule has 6 nitrogen and oxygen atoms in total. The molecule has 6 heteroatoms. The van der Waals surface area contributed by atoms with Crippen molar-refractivity contribution in [2.24, 2.45) is 0 Å². The zero-order chi connectivity index (χ0) is 15.0. The highest BCUT2D eigenvalue weighted by Crippen LogP contribution is 2.29. The fraction of sp³-hybridized carbons (Fsp3) is 0.533. The molecular weight excluding hydrogens is 268 g/mol. The van der Waals surface area contributed by atoms with Crippen molar-refractivity contribution in [3.05, 3.63) is 34.5 Å². The minimum Gasteiger partial charge on any atom is -0.361 e. The van der Waals surface area contributed by atoms with Crippen molar-refractivity contribution in [2.45, 2.75) is 39.5 Å². The molecule has 1 aliphatic heterocycles. The van der Waals surface area contributed by atoms with Gasteiger partial charge in [-0.2, -0.15) is 5.10 Å². The first kappa shape index (κ1) is 13.9. The average Bonchev–Trinajstić information content (AvgIpc) is 3.05. The lowest BCUT2D eigenvalue weighted by molar-refractivity contribution is 0.0703. The topological polar surface area (TPSA) is 75.0 Å². The van der Waals surface area contributed by atoms with Crippen molar-refractivity contribution < 1.29 is 9.32 Å². The monoisotopic (exact) mass is 288 g/mol. The molecular formula is C15H20N4O2. The van der Waals surface area contributed by atoms with Gasteiger partial charge < -0.3 is 9.42 Å². The second kappa shape index (κ2) is 5.35. The summed E-state index contributed by atoms with van der Waals surface area (Å²) in [6.07, 6.45) is 3.91. The minimum absolute atomic E-state index is 0.0214. The Morgan fingerprint density at radius 2 is 2.24 bits per heavy atom. The molecule has 1 N–H and O–H groups in total. The summed E-state index contributed by atoms with van der Waals surface area (Å²) in [4.78, 5) is 14.6. The third kappa shape index (κ3) is 2.46. The molecule has 0 spiro atoms. The maximum atomic E-state index is 12.7. The number of amides is 1. The third-order valence-corrected chi connectivity index (χ3v) is 4.23. The molecule has 1 saturated heterocycles. The fourth-order valence-electron chi connectivity index (χ4n) is 3.11. The number of hydrogen-bond acceptors (Lipinski definition) is 4. The average molecular weight is 288 g/mol. The lowest BCUT2D eigenvalue weighted by atomic mass is 9.92. The Hall–Kier alpha value is -2.11. The highest BCUT2D eigenvalue weighted by molar-refractivity contribution is 5.96. The van der Waals surface area contributed by atoms with Crippen molar-refractivity contribution in [2.75, 3.05) is 13.1 Å². The van der Waals surface area contributed by atoms with Crippen LogP contribution in [-0.4, -0.2) is 39.3 Å². The van der Waals surface area contributed by atoms with Crippen LogP contribution in [0.1, 0.15) is 51.8 Å². The summed E-state index contributed by atoms with van der Waals surface area (Å²) in [5.41, 5.74) is 3.58. The van der Waals surface area contributed by atoms with Gasteiger partial charge in [0.05, 0.1) is 11.9 Å². The van der Waals surface area contributed by atoms with E-state index >= 15 is 0 Å². The molecule has 1 aliphatic rings. The van der Waals surface area contributed by atoms with Crippen LogP contribution in [0.15, 0.2) is 10.7 Å². The number of carbonyl (C=O) groups is 1. The SMILES string of the molecule is Cc1cn[nH]c1[C@H]1CCCN(C(=O)c2c(C)noc2C)C1. The number of nitrogens with zero attached hydrogens (tertiary/aromatic N) is 3. The molecule has 112 valence electrons. The Balaban J connectivity index is 1.80. The molecule has 1 amide bonds. The first-order valence-electron chi connectivity index (χ1n) is 7.30. The summed E-state index contributed by atoms with van der Waals surface area (Å²) in [5.74, 6) is 0.941. The molecule has 0 bridgehead atoms. The number of aryl methyl sites for hydroxylation is 3. The van der Waals surface area contributed by atoms with E-state index in [1.165, 1.54) is 0 Å². The maximum Gasteiger partial charge on any atom is 0.259 e. The van der Waals surface area contributed by atoms with E-state index in [0.717, 1.165) is 30.6 Å². The van der Waals surface area contributed by atoms with Crippen molar-refractivity contribution in [1.82, 2.24) is 20.3 Å². The van der Waals surface area contributed by atoms with Gasteiger partial charge in [0.2, 0.25) is 0 Å². The van der Waals surface area contributed by atoms with E-state index in [2.05, 4.69) is 15.4 Å². The van der Waals surface area contributed by atoms with Crippen LogP contribution in [0.25, 0.3) is 0 Å². The number of rotatable bonds is 2.